The number of carbonyl (C=O) groups excluding carboxylic acids is 2. The number of rotatable bonds is 5. The standard InChI is InChI=1S/C16H19N3O7S/c1-11-15(16(22)18-23)19(10-14(21)17-11)27(24,25)13-6-4-12(5-7-13)26-9-3-2-8-20/h4-7,11,15,20,23H,8-10H2,1H3,(H,17,21)(H,18,22). The highest BCUT2D eigenvalue weighted by Crippen LogP contribution is 2.24. The summed E-state index contributed by atoms with van der Waals surface area (Å²) in [7, 11) is -4.19. The Hall–Kier alpha value is -2.65. The first-order valence-corrected chi connectivity index (χ1v) is 9.30. The maximum atomic E-state index is 12.9. The molecule has 0 aliphatic carbocycles. The number of nitrogens with zero attached hydrogens (tertiary/aromatic N) is 1. The van der Waals surface area contributed by atoms with Crippen molar-refractivity contribution in [2.45, 2.75) is 23.9 Å². The van der Waals surface area contributed by atoms with Crippen LogP contribution in [0.15, 0.2) is 29.2 Å². The first-order valence-electron chi connectivity index (χ1n) is 7.86. The number of amides is 2. The van der Waals surface area contributed by atoms with Gasteiger partial charge in [-0.1, -0.05) is 11.8 Å². The average molecular weight is 397 g/mol. The molecule has 1 saturated heterocycles. The van der Waals surface area contributed by atoms with E-state index in [0.717, 1.165) is 4.31 Å². The molecule has 11 heteroatoms. The van der Waals surface area contributed by atoms with Crippen molar-refractivity contribution in [1.29, 1.82) is 0 Å². The molecule has 146 valence electrons. The normalized spacial score (nSPS) is 20.2. The quantitative estimate of drug-likeness (QED) is 0.267. The summed E-state index contributed by atoms with van der Waals surface area (Å²) in [6.07, 6.45) is 0. The van der Waals surface area contributed by atoms with Gasteiger partial charge in [-0.15, -0.1) is 0 Å². The number of aliphatic hydroxyl groups is 1. The Labute approximate surface area is 156 Å². The van der Waals surface area contributed by atoms with Crippen LogP contribution in [0.25, 0.3) is 0 Å². The molecule has 0 aromatic heterocycles. The van der Waals surface area contributed by atoms with Crippen LogP contribution in [-0.4, -0.2) is 66.7 Å². The lowest BCUT2D eigenvalue weighted by atomic mass is 10.1. The number of nitrogens with one attached hydrogen (secondary N) is 2. The van der Waals surface area contributed by atoms with Crippen molar-refractivity contribution in [1.82, 2.24) is 15.1 Å². The number of benzene rings is 1. The minimum Gasteiger partial charge on any atom is -0.481 e. The fourth-order valence-corrected chi connectivity index (χ4v) is 4.21. The molecule has 0 spiro atoms. The van der Waals surface area contributed by atoms with Crippen LogP contribution in [-0.2, 0) is 19.6 Å². The Kier molecular flexibility index (Phi) is 6.75. The molecular weight excluding hydrogens is 378 g/mol. The molecule has 1 fully saturated rings. The molecule has 2 amide bonds. The van der Waals surface area contributed by atoms with Gasteiger partial charge in [0.25, 0.3) is 5.91 Å². The van der Waals surface area contributed by atoms with Gasteiger partial charge < -0.3 is 15.2 Å². The molecule has 0 radical (unpaired) electrons. The lowest BCUT2D eigenvalue weighted by Crippen LogP contribution is -2.65. The number of carbonyl (C=O) groups is 2. The third-order valence-corrected chi connectivity index (χ3v) is 5.64. The van der Waals surface area contributed by atoms with E-state index in [4.69, 9.17) is 15.1 Å². The van der Waals surface area contributed by atoms with E-state index in [-0.39, 0.29) is 18.1 Å². The van der Waals surface area contributed by atoms with Gasteiger partial charge in [0.2, 0.25) is 15.9 Å². The van der Waals surface area contributed by atoms with Gasteiger partial charge in [-0.3, -0.25) is 14.8 Å². The molecule has 2 rings (SSSR count). The average Bonchev–Trinajstić information content (AvgIpc) is 2.64. The first kappa shape index (κ1) is 20.7. The van der Waals surface area contributed by atoms with E-state index < -0.39 is 40.5 Å². The van der Waals surface area contributed by atoms with Crippen LogP contribution in [0.4, 0.5) is 0 Å². The van der Waals surface area contributed by atoms with Gasteiger partial charge >= 0.3 is 0 Å². The van der Waals surface area contributed by atoms with Crippen molar-refractivity contribution in [3.8, 4) is 17.6 Å². The van der Waals surface area contributed by atoms with E-state index in [0.29, 0.717) is 5.75 Å². The topological polar surface area (TPSA) is 145 Å². The smallest absolute Gasteiger partial charge is 0.263 e. The Bertz CT molecular complexity index is 858. The molecule has 2 atom stereocenters. The van der Waals surface area contributed by atoms with E-state index in [2.05, 4.69) is 17.2 Å². The summed E-state index contributed by atoms with van der Waals surface area (Å²) in [5.74, 6) is 3.81. The van der Waals surface area contributed by atoms with Crippen molar-refractivity contribution in [2.24, 2.45) is 0 Å². The predicted octanol–water partition coefficient (Wildman–Crippen LogP) is -1.56. The van der Waals surface area contributed by atoms with Crippen molar-refractivity contribution in [3.63, 3.8) is 0 Å². The van der Waals surface area contributed by atoms with Gasteiger partial charge in [-0.25, -0.2) is 13.9 Å². The molecular formula is C16H19N3O7S. The van der Waals surface area contributed by atoms with E-state index in [1.807, 2.05) is 0 Å². The zero-order valence-electron chi connectivity index (χ0n) is 14.4. The zero-order chi connectivity index (χ0) is 20.0. The molecule has 1 heterocycles. The summed E-state index contributed by atoms with van der Waals surface area (Å²) in [4.78, 5) is 23.6. The predicted molar refractivity (Wildman–Crippen MR) is 92.0 cm³/mol. The monoisotopic (exact) mass is 397 g/mol. The fraction of sp³-hybridized carbons (Fsp3) is 0.375. The van der Waals surface area contributed by atoms with Gasteiger partial charge in [-0.2, -0.15) is 4.31 Å². The molecule has 0 saturated carbocycles. The van der Waals surface area contributed by atoms with Crippen molar-refractivity contribution >= 4 is 21.8 Å². The number of hydrogen-bond acceptors (Lipinski definition) is 7. The highest BCUT2D eigenvalue weighted by Gasteiger charge is 2.44. The van der Waals surface area contributed by atoms with E-state index in [1.54, 1.807) is 0 Å². The number of sulfonamides is 1. The molecule has 1 aromatic carbocycles. The Morgan fingerprint density at radius 1 is 1.37 bits per heavy atom. The van der Waals surface area contributed by atoms with Crippen molar-refractivity contribution in [3.05, 3.63) is 24.3 Å². The number of piperazine rings is 1. The van der Waals surface area contributed by atoms with E-state index >= 15 is 0 Å². The summed E-state index contributed by atoms with van der Waals surface area (Å²) in [5, 5.41) is 19.9. The van der Waals surface area contributed by atoms with Crippen LogP contribution in [0.2, 0.25) is 0 Å². The van der Waals surface area contributed by atoms with Crippen molar-refractivity contribution in [2.75, 3.05) is 19.8 Å². The van der Waals surface area contributed by atoms with Crippen LogP contribution in [0, 0.1) is 11.8 Å². The van der Waals surface area contributed by atoms with Gasteiger partial charge in [-0.05, 0) is 31.2 Å². The maximum absolute atomic E-state index is 12.9. The number of ether oxygens (including phenoxy) is 1. The largest absolute Gasteiger partial charge is 0.481 e. The van der Waals surface area contributed by atoms with E-state index in [9.17, 15) is 18.0 Å². The summed E-state index contributed by atoms with van der Waals surface area (Å²) in [6.45, 7) is 0.643. The number of hydroxylamine groups is 1. The molecule has 4 N–H and O–H groups in total. The summed E-state index contributed by atoms with van der Waals surface area (Å²) in [5.41, 5.74) is 1.43. The fourth-order valence-electron chi connectivity index (χ4n) is 2.60. The molecule has 1 aromatic rings. The van der Waals surface area contributed by atoms with Crippen molar-refractivity contribution < 1.29 is 33.1 Å². The molecule has 0 bridgehead atoms. The number of aliphatic hydroxyl groups excluding tert-OH is 1. The third-order valence-electron chi connectivity index (χ3n) is 3.80. The van der Waals surface area contributed by atoms with Crippen LogP contribution in [0.5, 0.6) is 5.75 Å². The second kappa shape index (κ2) is 8.83. The Balaban J connectivity index is 2.26. The Morgan fingerprint density at radius 2 is 2.04 bits per heavy atom. The van der Waals surface area contributed by atoms with Crippen LogP contribution in [0.1, 0.15) is 6.92 Å². The minimum atomic E-state index is -4.19. The maximum Gasteiger partial charge on any atom is 0.263 e. The zero-order valence-corrected chi connectivity index (χ0v) is 15.2. The summed E-state index contributed by atoms with van der Waals surface area (Å²) in [6, 6.07) is 3.22. The summed E-state index contributed by atoms with van der Waals surface area (Å²) < 4.78 is 31.8. The van der Waals surface area contributed by atoms with Crippen LogP contribution < -0.4 is 15.5 Å². The lowest BCUT2D eigenvalue weighted by molar-refractivity contribution is -0.137. The van der Waals surface area contributed by atoms with Gasteiger partial charge in [0.1, 0.15) is 25.0 Å². The number of hydrogen-bond donors (Lipinski definition) is 4. The first-order chi connectivity index (χ1) is 12.8. The van der Waals surface area contributed by atoms with Gasteiger partial charge in [0.05, 0.1) is 17.5 Å². The Morgan fingerprint density at radius 3 is 2.63 bits per heavy atom. The van der Waals surface area contributed by atoms with E-state index in [1.165, 1.54) is 36.7 Å². The molecule has 1 aliphatic rings. The van der Waals surface area contributed by atoms with Crippen LogP contribution in [0.3, 0.4) is 0 Å². The molecule has 10 nitrogen and oxygen atoms in total. The molecule has 1 aliphatic heterocycles. The second-order valence-corrected chi connectivity index (χ2v) is 7.49. The highest BCUT2D eigenvalue weighted by atomic mass is 32.2. The lowest BCUT2D eigenvalue weighted by Gasteiger charge is -2.37. The van der Waals surface area contributed by atoms with Crippen LogP contribution >= 0.6 is 0 Å². The van der Waals surface area contributed by atoms with Gasteiger partial charge in [0.15, 0.2) is 0 Å². The molecule has 27 heavy (non-hydrogen) atoms. The third kappa shape index (κ3) is 4.75. The SMILES string of the molecule is CC1NC(=O)CN(S(=O)(=O)c2ccc(OCC#CCO)cc2)C1C(=O)NO. The highest BCUT2D eigenvalue weighted by molar-refractivity contribution is 7.89. The van der Waals surface area contributed by atoms with Gasteiger partial charge in [0, 0.05) is 0 Å². The minimum absolute atomic E-state index is 0.0230. The summed E-state index contributed by atoms with van der Waals surface area (Å²) >= 11 is 0. The molecule has 2 unspecified atom stereocenters. The second-order valence-electron chi connectivity index (χ2n) is 5.60.